The minimum Gasteiger partial charge on any atom is -0.461 e. The Kier molecular flexibility index (Phi) is 5.84. The fourth-order valence-electron chi connectivity index (χ4n) is 4.48. The van der Waals surface area contributed by atoms with E-state index < -0.39 is 17.5 Å². The van der Waals surface area contributed by atoms with Crippen molar-refractivity contribution in [1.29, 1.82) is 0 Å². The Bertz CT molecular complexity index is 1330. The molecular formula is C26H24F2N4O3. The van der Waals surface area contributed by atoms with Gasteiger partial charge in [-0.25, -0.2) is 18.6 Å². The smallest absolute Gasteiger partial charge is 0.380 e. The molecule has 0 N–H and O–H groups in total. The average Bonchev–Trinajstić information content (AvgIpc) is 3.45. The van der Waals surface area contributed by atoms with Crippen molar-refractivity contribution in [2.45, 2.75) is 32.4 Å². The number of imidazole rings is 1. The Balaban J connectivity index is 1.49. The molecule has 0 saturated carbocycles. The number of fused-ring (bicyclic) bond motifs is 1. The normalized spacial score (nSPS) is 20.4. The molecule has 0 bridgehead atoms. The van der Waals surface area contributed by atoms with Gasteiger partial charge in [-0.05, 0) is 80.3 Å². The number of benzene rings is 2. The highest BCUT2D eigenvalue weighted by Gasteiger charge is 2.57. The van der Waals surface area contributed by atoms with E-state index in [4.69, 9.17) is 9.57 Å². The first-order valence-corrected chi connectivity index (χ1v) is 11.4. The molecule has 1 fully saturated rings. The maximum absolute atomic E-state index is 14.9. The lowest BCUT2D eigenvalue weighted by Crippen LogP contribution is -2.54. The number of esters is 1. The predicted octanol–water partition coefficient (Wildman–Crippen LogP) is 4.70. The number of ether oxygens (including phenoxy) is 1. The monoisotopic (exact) mass is 478 g/mol. The molecule has 1 aromatic heterocycles. The van der Waals surface area contributed by atoms with Crippen LogP contribution >= 0.6 is 0 Å². The summed E-state index contributed by atoms with van der Waals surface area (Å²) in [5.41, 5.74) is 1.42. The zero-order chi connectivity index (χ0) is 24.6. The molecule has 2 aliphatic heterocycles. The van der Waals surface area contributed by atoms with Crippen molar-refractivity contribution in [1.82, 2.24) is 14.5 Å². The maximum Gasteiger partial charge on any atom is 0.380 e. The van der Waals surface area contributed by atoms with Crippen molar-refractivity contribution in [3.05, 3.63) is 89.0 Å². The number of rotatable bonds is 5. The number of aryl methyl sites for hydroxylation is 1. The Morgan fingerprint density at radius 3 is 2.71 bits per heavy atom. The van der Waals surface area contributed by atoms with Crippen LogP contribution in [0.15, 0.2) is 65.7 Å². The largest absolute Gasteiger partial charge is 0.461 e. The van der Waals surface area contributed by atoms with Gasteiger partial charge in [0, 0.05) is 18.3 Å². The van der Waals surface area contributed by atoms with Crippen LogP contribution in [0.3, 0.4) is 0 Å². The van der Waals surface area contributed by atoms with Crippen LogP contribution in [0.5, 0.6) is 0 Å². The van der Waals surface area contributed by atoms with Crippen molar-refractivity contribution in [3.8, 4) is 5.69 Å². The number of oxime groups is 1. The van der Waals surface area contributed by atoms with Gasteiger partial charge < -0.3 is 19.0 Å². The molecule has 35 heavy (non-hydrogen) atoms. The standard InChI is InChI=1S/C26H24F2N4O3/c1-3-34-25(33)26(20-7-9-21(27)10-8-20)32-12-4-5-19(24(32)30-35-26)13-18-6-11-23(22(28)14-18)31-15-17(2)29-16-31/h6-11,13-16H,3-5,12H2,1-2H3/b19-13+. The predicted molar refractivity (Wildman–Crippen MR) is 125 cm³/mol. The number of amidine groups is 1. The molecule has 180 valence electrons. The topological polar surface area (TPSA) is 69.0 Å². The summed E-state index contributed by atoms with van der Waals surface area (Å²) < 4.78 is 35.5. The van der Waals surface area contributed by atoms with E-state index in [1.165, 1.54) is 30.3 Å². The minimum atomic E-state index is -1.65. The zero-order valence-electron chi connectivity index (χ0n) is 19.4. The molecule has 1 saturated heterocycles. The first-order chi connectivity index (χ1) is 16.9. The number of halogens is 2. The van der Waals surface area contributed by atoms with Crippen LogP contribution in [0.4, 0.5) is 8.78 Å². The summed E-state index contributed by atoms with van der Waals surface area (Å²) in [6.07, 6.45) is 6.55. The third-order valence-corrected chi connectivity index (χ3v) is 6.11. The number of piperidine rings is 1. The first-order valence-electron chi connectivity index (χ1n) is 11.4. The summed E-state index contributed by atoms with van der Waals surface area (Å²) in [6.45, 7) is 4.19. The van der Waals surface area contributed by atoms with Crippen molar-refractivity contribution in [3.63, 3.8) is 0 Å². The molecule has 7 nitrogen and oxygen atoms in total. The van der Waals surface area contributed by atoms with Crippen molar-refractivity contribution in [2.24, 2.45) is 5.16 Å². The highest BCUT2D eigenvalue weighted by Crippen LogP contribution is 2.41. The van der Waals surface area contributed by atoms with Gasteiger partial charge >= 0.3 is 11.7 Å². The van der Waals surface area contributed by atoms with Crippen LogP contribution in [-0.2, 0) is 20.1 Å². The van der Waals surface area contributed by atoms with Crippen LogP contribution in [0.25, 0.3) is 11.8 Å². The number of aromatic nitrogens is 2. The van der Waals surface area contributed by atoms with Crippen molar-refractivity contribution in [2.75, 3.05) is 13.2 Å². The molecular weight excluding hydrogens is 454 g/mol. The van der Waals surface area contributed by atoms with Crippen LogP contribution in [0.1, 0.15) is 36.6 Å². The lowest BCUT2D eigenvalue weighted by Gasteiger charge is -2.37. The molecule has 2 aliphatic rings. The summed E-state index contributed by atoms with van der Waals surface area (Å²) in [4.78, 5) is 24.8. The molecule has 3 aromatic rings. The van der Waals surface area contributed by atoms with E-state index in [0.717, 1.165) is 11.3 Å². The van der Waals surface area contributed by atoms with Crippen LogP contribution in [-0.4, -0.2) is 39.4 Å². The third kappa shape index (κ3) is 3.96. The number of hydrogen-bond donors (Lipinski definition) is 0. The van der Waals surface area contributed by atoms with Crippen molar-refractivity contribution >= 4 is 17.9 Å². The Morgan fingerprint density at radius 1 is 1.23 bits per heavy atom. The highest BCUT2D eigenvalue weighted by atomic mass is 19.1. The fourth-order valence-corrected chi connectivity index (χ4v) is 4.48. The Labute approximate surface area is 201 Å². The summed E-state index contributed by atoms with van der Waals surface area (Å²) >= 11 is 0. The van der Waals surface area contributed by atoms with E-state index in [0.29, 0.717) is 42.0 Å². The lowest BCUT2D eigenvalue weighted by atomic mass is 9.94. The molecule has 3 heterocycles. The third-order valence-electron chi connectivity index (χ3n) is 6.11. The fraction of sp³-hybridized carbons (Fsp3) is 0.269. The van der Waals surface area contributed by atoms with Gasteiger partial charge in [0.15, 0.2) is 5.84 Å². The van der Waals surface area contributed by atoms with Crippen LogP contribution < -0.4 is 0 Å². The minimum absolute atomic E-state index is 0.152. The van der Waals surface area contributed by atoms with E-state index in [1.807, 2.05) is 19.1 Å². The van der Waals surface area contributed by atoms with Crippen LogP contribution in [0.2, 0.25) is 0 Å². The van der Waals surface area contributed by atoms with E-state index >= 15 is 0 Å². The highest BCUT2D eigenvalue weighted by molar-refractivity contribution is 6.06. The second-order valence-electron chi connectivity index (χ2n) is 8.44. The molecule has 5 rings (SSSR count). The number of nitrogens with zero attached hydrogens (tertiary/aromatic N) is 4. The Morgan fingerprint density at radius 2 is 2.03 bits per heavy atom. The lowest BCUT2D eigenvalue weighted by molar-refractivity contribution is -0.189. The van der Waals surface area contributed by atoms with Gasteiger partial charge in [-0.3, -0.25) is 0 Å². The molecule has 0 aliphatic carbocycles. The molecule has 0 amide bonds. The molecule has 1 unspecified atom stereocenters. The number of hydrogen-bond acceptors (Lipinski definition) is 6. The second-order valence-corrected chi connectivity index (χ2v) is 8.44. The molecule has 2 aromatic carbocycles. The second kappa shape index (κ2) is 8.98. The summed E-state index contributed by atoms with van der Waals surface area (Å²) in [6, 6.07) is 10.5. The molecule has 0 radical (unpaired) electrons. The van der Waals surface area contributed by atoms with Gasteiger partial charge in [0.25, 0.3) is 0 Å². The van der Waals surface area contributed by atoms with Crippen molar-refractivity contribution < 1.29 is 23.1 Å². The van der Waals surface area contributed by atoms with Gasteiger partial charge in [-0.2, -0.15) is 0 Å². The van der Waals surface area contributed by atoms with Gasteiger partial charge in [0.05, 0.1) is 24.3 Å². The first kappa shape index (κ1) is 22.8. The van der Waals surface area contributed by atoms with Gasteiger partial charge in [-0.1, -0.05) is 11.2 Å². The van der Waals surface area contributed by atoms with E-state index in [9.17, 15) is 13.6 Å². The average molecular weight is 478 g/mol. The van der Waals surface area contributed by atoms with E-state index in [1.54, 1.807) is 35.0 Å². The maximum atomic E-state index is 14.9. The number of carbonyl (C=O) groups excluding carboxylic acids is 1. The molecule has 1 atom stereocenters. The van der Waals surface area contributed by atoms with Gasteiger partial charge in [-0.15, -0.1) is 0 Å². The van der Waals surface area contributed by atoms with Gasteiger partial charge in [0.2, 0.25) is 0 Å². The van der Waals surface area contributed by atoms with Crippen LogP contribution in [0, 0.1) is 18.6 Å². The Hall–Kier alpha value is -4.01. The van der Waals surface area contributed by atoms with E-state index in [-0.39, 0.29) is 12.4 Å². The summed E-state index contributed by atoms with van der Waals surface area (Å²) in [5.74, 6) is -0.968. The summed E-state index contributed by atoms with van der Waals surface area (Å²) in [7, 11) is 0. The number of carbonyl (C=O) groups is 1. The van der Waals surface area contributed by atoms with E-state index in [2.05, 4.69) is 10.1 Å². The summed E-state index contributed by atoms with van der Waals surface area (Å²) in [5, 5.41) is 4.25. The van der Waals surface area contributed by atoms with Gasteiger partial charge in [0.1, 0.15) is 11.6 Å². The molecule has 9 heteroatoms. The zero-order valence-corrected chi connectivity index (χ0v) is 19.4. The SMILES string of the molecule is CCOC(=O)C1(c2ccc(F)cc2)ON=C2/C(=C/c3ccc(-n4cnc(C)c4)c(F)c3)CCCN21. The quantitative estimate of drug-likeness (QED) is 0.498. The molecule has 0 spiro atoms.